The molecular weight excluding hydrogens is 259 g/mol. The van der Waals surface area contributed by atoms with Gasteiger partial charge in [0.2, 0.25) is 0 Å². The SMILES string of the molecule is CCC(C)C1=CCC(I)C[C@@H]1C. The fourth-order valence-electron chi connectivity index (χ4n) is 2.00. The molecular formula is C11H19I. The Morgan fingerprint density at radius 1 is 1.67 bits per heavy atom. The molecule has 0 amide bonds. The summed E-state index contributed by atoms with van der Waals surface area (Å²) >= 11 is 2.57. The third kappa shape index (κ3) is 2.48. The van der Waals surface area contributed by atoms with Gasteiger partial charge in [-0.05, 0) is 31.1 Å². The molecule has 0 saturated carbocycles. The first kappa shape index (κ1) is 10.6. The predicted octanol–water partition coefficient (Wildman–Crippen LogP) is 4.19. The van der Waals surface area contributed by atoms with Gasteiger partial charge in [-0.25, -0.2) is 0 Å². The van der Waals surface area contributed by atoms with E-state index in [1.54, 1.807) is 5.57 Å². The third-order valence-electron chi connectivity index (χ3n) is 2.97. The molecule has 0 radical (unpaired) electrons. The average Bonchev–Trinajstić information content (AvgIpc) is 2.03. The summed E-state index contributed by atoms with van der Waals surface area (Å²) in [5.74, 6) is 1.64. The van der Waals surface area contributed by atoms with Crippen LogP contribution in [0.2, 0.25) is 0 Å². The predicted molar refractivity (Wildman–Crippen MR) is 63.7 cm³/mol. The first-order valence-electron chi connectivity index (χ1n) is 4.99. The highest BCUT2D eigenvalue weighted by atomic mass is 127. The summed E-state index contributed by atoms with van der Waals surface area (Å²) in [7, 11) is 0. The van der Waals surface area contributed by atoms with Crippen LogP contribution in [-0.4, -0.2) is 3.92 Å². The maximum atomic E-state index is 2.57. The van der Waals surface area contributed by atoms with Gasteiger partial charge in [-0.1, -0.05) is 55.0 Å². The van der Waals surface area contributed by atoms with Crippen LogP contribution in [0.3, 0.4) is 0 Å². The monoisotopic (exact) mass is 278 g/mol. The summed E-state index contributed by atoms with van der Waals surface area (Å²) in [5.41, 5.74) is 1.71. The Balaban J connectivity index is 2.63. The number of alkyl halides is 1. The smallest absolute Gasteiger partial charge is 0.0150 e. The second kappa shape index (κ2) is 4.64. The van der Waals surface area contributed by atoms with E-state index in [4.69, 9.17) is 0 Å². The van der Waals surface area contributed by atoms with Gasteiger partial charge in [0.15, 0.2) is 0 Å². The van der Waals surface area contributed by atoms with Crippen LogP contribution < -0.4 is 0 Å². The van der Waals surface area contributed by atoms with E-state index in [-0.39, 0.29) is 0 Å². The Morgan fingerprint density at radius 2 is 2.33 bits per heavy atom. The van der Waals surface area contributed by atoms with Crippen LogP contribution in [0.15, 0.2) is 11.6 Å². The highest BCUT2D eigenvalue weighted by Gasteiger charge is 2.21. The van der Waals surface area contributed by atoms with Gasteiger partial charge in [-0.2, -0.15) is 0 Å². The molecule has 1 aliphatic rings. The molecule has 0 saturated heterocycles. The highest BCUT2D eigenvalue weighted by molar-refractivity contribution is 14.1. The second-order valence-electron chi connectivity index (χ2n) is 3.98. The normalized spacial score (nSPS) is 32.8. The molecule has 0 aromatic rings. The molecule has 1 rings (SSSR count). The maximum absolute atomic E-state index is 2.57. The topological polar surface area (TPSA) is 0 Å². The molecule has 0 nitrogen and oxygen atoms in total. The standard InChI is InChI=1S/C11H19I/c1-4-8(2)11-6-5-10(12)7-9(11)3/h6,8-10H,4-5,7H2,1-3H3/t8?,9-,10?/m0/s1. The van der Waals surface area contributed by atoms with E-state index in [9.17, 15) is 0 Å². The Hall–Kier alpha value is 0.470. The van der Waals surface area contributed by atoms with E-state index >= 15 is 0 Å². The number of rotatable bonds is 2. The second-order valence-corrected chi connectivity index (χ2v) is 5.74. The van der Waals surface area contributed by atoms with Gasteiger partial charge in [0, 0.05) is 3.92 Å². The van der Waals surface area contributed by atoms with Crippen LogP contribution in [0.4, 0.5) is 0 Å². The summed E-state index contributed by atoms with van der Waals surface area (Å²) in [6.45, 7) is 7.02. The number of halogens is 1. The molecule has 2 unspecified atom stereocenters. The van der Waals surface area contributed by atoms with Gasteiger partial charge >= 0.3 is 0 Å². The Labute approximate surface area is 90.0 Å². The first-order valence-corrected chi connectivity index (χ1v) is 6.23. The Bertz CT molecular complexity index is 172. The summed E-state index contributed by atoms with van der Waals surface area (Å²) in [6, 6.07) is 0. The Morgan fingerprint density at radius 3 is 2.83 bits per heavy atom. The number of allylic oxidation sites excluding steroid dienone is 2. The largest absolute Gasteiger partial charge is 0.0838 e. The molecule has 0 fully saturated rings. The lowest BCUT2D eigenvalue weighted by Crippen LogP contribution is -2.17. The lowest BCUT2D eigenvalue weighted by molar-refractivity contribution is 0.487. The van der Waals surface area contributed by atoms with Crippen molar-refractivity contribution in [3.05, 3.63) is 11.6 Å². The van der Waals surface area contributed by atoms with Crippen molar-refractivity contribution >= 4 is 22.6 Å². The van der Waals surface area contributed by atoms with Crippen molar-refractivity contribution in [1.82, 2.24) is 0 Å². The minimum absolute atomic E-state index is 0.809. The zero-order chi connectivity index (χ0) is 9.14. The van der Waals surface area contributed by atoms with Gasteiger partial charge in [-0.15, -0.1) is 0 Å². The quantitative estimate of drug-likeness (QED) is 0.403. The minimum atomic E-state index is 0.809. The molecule has 1 heteroatoms. The lowest BCUT2D eigenvalue weighted by Gasteiger charge is -2.27. The van der Waals surface area contributed by atoms with Gasteiger partial charge in [0.05, 0.1) is 0 Å². The molecule has 3 atom stereocenters. The molecule has 1 aliphatic carbocycles. The van der Waals surface area contributed by atoms with Gasteiger partial charge in [0.25, 0.3) is 0 Å². The molecule has 0 aromatic heterocycles. The van der Waals surface area contributed by atoms with Gasteiger partial charge in [-0.3, -0.25) is 0 Å². The summed E-state index contributed by atoms with van der Waals surface area (Å²) in [6.07, 6.45) is 6.46. The number of hydrogen-bond donors (Lipinski definition) is 0. The molecule has 70 valence electrons. The highest BCUT2D eigenvalue weighted by Crippen LogP contribution is 2.34. The van der Waals surface area contributed by atoms with E-state index in [1.165, 1.54) is 19.3 Å². The first-order chi connectivity index (χ1) is 5.65. The van der Waals surface area contributed by atoms with Crippen molar-refractivity contribution in [3.63, 3.8) is 0 Å². The van der Waals surface area contributed by atoms with Crippen LogP contribution in [0, 0.1) is 11.8 Å². The molecule has 0 N–H and O–H groups in total. The van der Waals surface area contributed by atoms with E-state index in [1.807, 2.05) is 0 Å². The van der Waals surface area contributed by atoms with Crippen molar-refractivity contribution in [2.75, 3.05) is 0 Å². The zero-order valence-corrected chi connectivity index (χ0v) is 10.5. The van der Waals surface area contributed by atoms with Crippen LogP contribution in [0.25, 0.3) is 0 Å². The van der Waals surface area contributed by atoms with E-state index < -0.39 is 0 Å². The molecule has 0 aromatic carbocycles. The Kier molecular flexibility index (Phi) is 4.08. The lowest BCUT2D eigenvalue weighted by atomic mass is 9.81. The van der Waals surface area contributed by atoms with Crippen molar-refractivity contribution in [1.29, 1.82) is 0 Å². The number of hydrogen-bond acceptors (Lipinski definition) is 0. The van der Waals surface area contributed by atoms with E-state index in [0.717, 1.165) is 15.8 Å². The van der Waals surface area contributed by atoms with Crippen LogP contribution >= 0.6 is 22.6 Å². The minimum Gasteiger partial charge on any atom is -0.0838 e. The fraction of sp³-hybridized carbons (Fsp3) is 0.818. The van der Waals surface area contributed by atoms with Gasteiger partial charge in [0.1, 0.15) is 0 Å². The molecule has 0 heterocycles. The maximum Gasteiger partial charge on any atom is 0.0150 e. The van der Waals surface area contributed by atoms with Crippen LogP contribution in [0.5, 0.6) is 0 Å². The average molecular weight is 278 g/mol. The third-order valence-corrected chi connectivity index (χ3v) is 3.99. The van der Waals surface area contributed by atoms with E-state index in [2.05, 4.69) is 49.4 Å². The van der Waals surface area contributed by atoms with Crippen molar-refractivity contribution in [3.8, 4) is 0 Å². The van der Waals surface area contributed by atoms with E-state index in [0.29, 0.717) is 0 Å². The van der Waals surface area contributed by atoms with Crippen LogP contribution in [-0.2, 0) is 0 Å². The molecule has 12 heavy (non-hydrogen) atoms. The van der Waals surface area contributed by atoms with Crippen LogP contribution in [0.1, 0.15) is 40.0 Å². The van der Waals surface area contributed by atoms with Gasteiger partial charge < -0.3 is 0 Å². The summed E-state index contributed by atoms with van der Waals surface area (Å²) < 4.78 is 0.880. The summed E-state index contributed by atoms with van der Waals surface area (Å²) in [5, 5.41) is 0. The van der Waals surface area contributed by atoms with Crippen molar-refractivity contribution < 1.29 is 0 Å². The fourth-order valence-corrected chi connectivity index (χ4v) is 3.02. The summed E-state index contributed by atoms with van der Waals surface area (Å²) in [4.78, 5) is 0. The molecule has 0 bridgehead atoms. The van der Waals surface area contributed by atoms with Crippen molar-refractivity contribution in [2.24, 2.45) is 11.8 Å². The molecule has 0 aliphatic heterocycles. The van der Waals surface area contributed by atoms with Crippen molar-refractivity contribution in [2.45, 2.75) is 44.0 Å². The molecule has 0 spiro atoms. The zero-order valence-electron chi connectivity index (χ0n) is 8.31.